The van der Waals surface area contributed by atoms with Gasteiger partial charge in [-0.05, 0) is 45.4 Å². The van der Waals surface area contributed by atoms with Crippen LogP contribution in [0.2, 0.25) is 0 Å². The van der Waals surface area contributed by atoms with Crippen LogP contribution in [0.3, 0.4) is 0 Å². The highest BCUT2D eigenvalue weighted by atomic mass is 79.9. The van der Waals surface area contributed by atoms with E-state index in [1.807, 2.05) is 6.07 Å². The Balaban J connectivity index is 3.11. The van der Waals surface area contributed by atoms with Crippen molar-refractivity contribution >= 4 is 28.0 Å². The van der Waals surface area contributed by atoms with Crippen LogP contribution in [0.4, 0.5) is 4.79 Å². The third kappa shape index (κ3) is 4.74. The molecule has 116 valence electrons. The Kier molecular flexibility index (Phi) is 5.39. The monoisotopic (exact) mass is 357 g/mol. The number of alkyl carbamates (subject to hydrolysis) is 1. The molecule has 0 saturated heterocycles. The molecule has 0 spiro atoms. The van der Waals surface area contributed by atoms with Crippen LogP contribution in [0, 0.1) is 0 Å². The van der Waals surface area contributed by atoms with Crippen molar-refractivity contribution in [1.29, 1.82) is 0 Å². The van der Waals surface area contributed by atoms with Gasteiger partial charge in [-0.3, -0.25) is 0 Å². The van der Waals surface area contributed by atoms with Gasteiger partial charge in [-0.15, -0.1) is 0 Å². The molecule has 0 unspecified atom stereocenters. The lowest BCUT2D eigenvalue weighted by atomic mass is 9.92. The van der Waals surface area contributed by atoms with E-state index in [1.165, 1.54) is 7.11 Å². The number of nitrogens with one attached hydrogen (secondary N) is 1. The highest BCUT2D eigenvalue weighted by molar-refractivity contribution is 9.10. The molecular formula is C15H20BrNO4. The Morgan fingerprint density at radius 2 is 1.81 bits per heavy atom. The number of hydrogen-bond acceptors (Lipinski definition) is 4. The summed E-state index contributed by atoms with van der Waals surface area (Å²) in [5, 5.41) is 2.59. The van der Waals surface area contributed by atoms with Crippen molar-refractivity contribution in [2.75, 3.05) is 7.11 Å². The van der Waals surface area contributed by atoms with Gasteiger partial charge in [0.2, 0.25) is 0 Å². The smallest absolute Gasteiger partial charge is 0.408 e. The molecule has 5 nitrogen and oxygen atoms in total. The molecular weight excluding hydrogens is 338 g/mol. The molecule has 1 N–H and O–H groups in total. The zero-order valence-electron chi connectivity index (χ0n) is 12.8. The van der Waals surface area contributed by atoms with Gasteiger partial charge in [-0.2, -0.15) is 0 Å². The summed E-state index contributed by atoms with van der Waals surface area (Å²) in [6.07, 6.45) is -0.685. The maximum absolute atomic E-state index is 12.1. The fourth-order valence-electron chi connectivity index (χ4n) is 1.75. The molecule has 0 bridgehead atoms. The van der Waals surface area contributed by atoms with E-state index in [9.17, 15) is 9.59 Å². The van der Waals surface area contributed by atoms with Crippen LogP contribution in [0.1, 0.15) is 33.3 Å². The molecule has 0 saturated carbocycles. The van der Waals surface area contributed by atoms with Gasteiger partial charge < -0.3 is 14.8 Å². The van der Waals surface area contributed by atoms with E-state index in [0.717, 1.165) is 4.47 Å². The summed E-state index contributed by atoms with van der Waals surface area (Å²) in [6, 6.07) is 7.08. The van der Waals surface area contributed by atoms with E-state index < -0.39 is 23.2 Å². The number of amides is 1. The second kappa shape index (κ2) is 6.47. The molecule has 1 rings (SSSR count). The molecule has 1 aromatic carbocycles. The fraction of sp³-hybridized carbons (Fsp3) is 0.467. The molecule has 1 atom stereocenters. The van der Waals surface area contributed by atoms with Gasteiger partial charge in [-0.25, -0.2) is 9.59 Å². The van der Waals surface area contributed by atoms with Crippen molar-refractivity contribution in [3.05, 3.63) is 34.3 Å². The third-order valence-electron chi connectivity index (χ3n) is 2.75. The zero-order valence-corrected chi connectivity index (χ0v) is 14.4. The molecule has 0 aromatic heterocycles. The predicted octanol–water partition coefficient (Wildman–Crippen LogP) is 3.36. The normalized spacial score (nSPS) is 14.0. The molecule has 0 aliphatic carbocycles. The summed E-state index contributed by atoms with van der Waals surface area (Å²) in [6.45, 7) is 6.83. The van der Waals surface area contributed by atoms with Gasteiger partial charge in [-0.1, -0.05) is 28.1 Å². The van der Waals surface area contributed by atoms with E-state index in [2.05, 4.69) is 21.2 Å². The maximum Gasteiger partial charge on any atom is 0.408 e. The van der Waals surface area contributed by atoms with Gasteiger partial charge in [0.1, 0.15) is 5.60 Å². The lowest BCUT2D eigenvalue weighted by Gasteiger charge is -2.30. The number of benzene rings is 1. The van der Waals surface area contributed by atoms with E-state index in [0.29, 0.717) is 5.56 Å². The molecule has 21 heavy (non-hydrogen) atoms. The molecule has 0 fully saturated rings. The van der Waals surface area contributed by atoms with Crippen LogP contribution in [0.25, 0.3) is 0 Å². The predicted molar refractivity (Wildman–Crippen MR) is 82.9 cm³/mol. The van der Waals surface area contributed by atoms with Crippen molar-refractivity contribution in [3.8, 4) is 0 Å². The Labute approximate surface area is 133 Å². The van der Waals surface area contributed by atoms with Crippen molar-refractivity contribution < 1.29 is 19.1 Å². The van der Waals surface area contributed by atoms with Crippen molar-refractivity contribution in [2.24, 2.45) is 0 Å². The quantitative estimate of drug-likeness (QED) is 0.842. The molecule has 0 radical (unpaired) electrons. The topological polar surface area (TPSA) is 64.6 Å². The first-order chi connectivity index (χ1) is 9.58. The van der Waals surface area contributed by atoms with E-state index in [4.69, 9.17) is 9.47 Å². The van der Waals surface area contributed by atoms with E-state index >= 15 is 0 Å². The maximum atomic E-state index is 12.1. The fourth-order valence-corrected chi connectivity index (χ4v) is 2.15. The number of esters is 1. The van der Waals surface area contributed by atoms with Crippen molar-refractivity contribution in [3.63, 3.8) is 0 Å². The van der Waals surface area contributed by atoms with Crippen LogP contribution in [-0.2, 0) is 19.8 Å². The number of hydrogen-bond donors (Lipinski definition) is 1. The molecule has 6 heteroatoms. The van der Waals surface area contributed by atoms with E-state index in [-0.39, 0.29) is 0 Å². The Bertz CT molecular complexity index is 539. The summed E-state index contributed by atoms with van der Waals surface area (Å²) in [5.74, 6) is -0.577. The first-order valence-electron chi connectivity index (χ1n) is 6.44. The second-order valence-electron chi connectivity index (χ2n) is 5.75. The molecule has 0 heterocycles. The highest BCUT2D eigenvalue weighted by Crippen LogP contribution is 2.26. The van der Waals surface area contributed by atoms with E-state index in [1.54, 1.807) is 45.9 Å². The molecule has 0 aliphatic heterocycles. The summed E-state index contributed by atoms with van der Waals surface area (Å²) < 4.78 is 10.8. The minimum atomic E-state index is -1.33. The zero-order chi connectivity index (χ0) is 16.3. The molecule has 0 aliphatic rings. The van der Waals surface area contributed by atoms with Gasteiger partial charge >= 0.3 is 12.1 Å². The lowest BCUT2D eigenvalue weighted by Crippen LogP contribution is -2.51. The number of carbonyl (C=O) groups excluding carboxylic acids is 2. The van der Waals surface area contributed by atoms with Crippen LogP contribution >= 0.6 is 15.9 Å². The number of rotatable bonds is 3. The van der Waals surface area contributed by atoms with Gasteiger partial charge in [0.05, 0.1) is 7.11 Å². The number of ether oxygens (including phenoxy) is 2. The van der Waals surface area contributed by atoms with Gasteiger partial charge in [0, 0.05) is 4.47 Å². The van der Waals surface area contributed by atoms with Crippen LogP contribution in [-0.4, -0.2) is 24.8 Å². The Morgan fingerprint density at radius 3 is 2.29 bits per heavy atom. The van der Waals surface area contributed by atoms with Gasteiger partial charge in [0.25, 0.3) is 0 Å². The third-order valence-corrected chi connectivity index (χ3v) is 3.24. The van der Waals surface area contributed by atoms with Crippen molar-refractivity contribution in [2.45, 2.75) is 38.8 Å². The highest BCUT2D eigenvalue weighted by Gasteiger charge is 2.39. The first kappa shape index (κ1) is 17.5. The minimum absolute atomic E-state index is 0.577. The number of halogens is 1. The van der Waals surface area contributed by atoms with Gasteiger partial charge in [0.15, 0.2) is 5.54 Å². The Hall–Kier alpha value is -1.56. The van der Waals surface area contributed by atoms with Crippen LogP contribution in [0.5, 0.6) is 0 Å². The molecule has 1 aromatic rings. The molecule has 1 amide bonds. The Morgan fingerprint density at radius 1 is 1.19 bits per heavy atom. The summed E-state index contributed by atoms with van der Waals surface area (Å²) >= 11 is 3.34. The first-order valence-corrected chi connectivity index (χ1v) is 7.23. The minimum Gasteiger partial charge on any atom is -0.467 e. The summed E-state index contributed by atoms with van der Waals surface area (Å²) in [7, 11) is 1.27. The summed E-state index contributed by atoms with van der Waals surface area (Å²) in [4.78, 5) is 24.1. The average molecular weight is 358 g/mol. The lowest BCUT2D eigenvalue weighted by molar-refractivity contribution is -0.148. The number of carbonyl (C=O) groups is 2. The SMILES string of the molecule is COC(=O)[C@](C)(NC(=O)OC(C)(C)C)c1cccc(Br)c1. The van der Waals surface area contributed by atoms with Crippen LogP contribution < -0.4 is 5.32 Å². The largest absolute Gasteiger partial charge is 0.467 e. The average Bonchev–Trinajstić information content (AvgIpc) is 2.35. The standard InChI is InChI=1S/C15H20BrNO4/c1-14(2,3)21-13(19)17-15(4,12(18)20-5)10-7-6-8-11(16)9-10/h6-9H,1-5H3,(H,17,19)/t15-/m1/s1. The summed E-state index contributed by atoms with van der Waals surface area (Å²) in [5.41, 5.74) is -1.39. The number of methoxy groups -OCH3 is 1. The second-order valence-corrected chi connectivity index (χ2v) is 6.67. The van der Waals surface area contributed by atoms with Crippen LogP contribution in [0.15, 0.2) is 28.7 Å². The van der Waals surface area contributed by atoms with Crippen molar-refractivity contribution in [1.82, 2.24) is 5.32 Å².